The molecule has 0 N–H and O–H groups in total. The van der Waals surface area contributed by atoms with E-state index in [0.29, 0.717) is 13.0 Å². The Morgan fingerprint density at radius 1 is 1.50 bits per heavy atom. The zero-order chi connectivity index (χ0) is 11.5. The number of thiazole rings is 1. The van der Waals surface area contributed by atoms with Crippen molar-refractivity contribution in [3.8, 4) is 0 Å². The molecule has 3 nitrogen and oxygen atoms in total. The number of esters is 1. The quantitative estimate of drug-likeness (QED) is 0.768. The summed E-state index contributed by atoms with van der Waals surface area (Å²) in [7, 11) is 0. The molecule has 0 bridgehead atoms. The van der Waals surface area contributed by atoms with E-state index in [4.69, 9.17) is 4.74 Å². The van der Waals surface area contributed by atoms with Crippen molar-refractivity contribution >= 4 is 27.5 Å². The molecule has 0 aliphatic carbocycles. The van der Waals surface area contributed by atoms with Gasteiger partial charge in [0.1, 0.15) is 0 Å². The molecule has 1 aromatic heterocycles. The Labute approximate surface area is 98.1 Å². The van der Waals surface area contributed by atoms with Crippen LogP contribution in [-0.2, 0) is 16.0 Å². The zero-order valence-electron chi connectivity index (χ0n) is 9.32. The highest BCUT2D eigenvalue weighted by atomic mass is 32.1. The molecule has 0 atom stereocenters. The number of carbonyl (C=O) groups excluding carboxylic acids is 1. The third-order valence-electron chi connectivity index (χ3n) is 2.21. The predicted octanol–water partition coefficient (Wildman–Crippen LogP) is 2.71. The maximum absolute atomic E-state index is 11.3. The normalized spacial score (nSPS) is 10.6. The van der Waals surface area contributed by atoms with Crippen molar-refractivity contribution < 1.29 is 9.53 Å². The van der Waals surface area contributed by atoms with Crippen LogP contribution in [0.3, 0.4) is 0 Å². The summed E-state index contributed by atoms with van der Waals surface area (Å²) in [6.45, 7) is 4.23. The fourth-order valence-electron chi connectivity index (χ4n) is 1.57. The summed E-state index contributed by atoms with van der Waals surface area (Å²) >= 11 is 1.64. The van der Waals surface area contributed by atoms with E-state index >= 15 is 0 Å². The number of carbonyl (C=O) groups is 1. The van der Waals surface area contributed by atoms with Gasteiger partial charge >= 0.3 is 5.97 Å². The molecule has 0 fully saturated rings. The Morgan fingerprint density at radius 2 is 2.31 bits per heavy atom. The van der Waals surface area contributed by atoms with Crippen molar-refractivity contribution in [3.63, 3.8) is 0 Å². The Bertz CT molecular complexity index is 519. The Morgan fingerprint density at radius 3 is 3.06 bits per heavy atom. The molecule has 0 radical (unpaired) electrons. The van der Waals surface area contributed by atoms with Gasteiger partial charge in [-0.3, -0.25) is 4.79 Å². The van der Waals surface area contributed by atoms with Crippen LogP contribution in [0.25, 0.3) is 10.2 Å². The SMILES string of the molecule is CCOC(=O)Cc1ccc2nc(C)sc2c1. The van der Waals surface area contributed by atoms with E-state index in [0.717, 1.165) is 20.8 Å². The number of hydrogen-bond acceptors (Lipinski definition) is 4. The fourth-order valence-corrected chi connectivity index (χ4v) is 2.46. The van der Waals surface area contributed by atoms with Crippen molar-refractivity contribution in [2.24, 2.45) is 0 Å². The molecule has 84 valence electrons. The molecule has 16 heavy (non-hydrogen) atoms. The molecule has 0 saturated carbocycles. The number of aromatic nitrogens is 1. The number of nitrogens with zero attached hydrogens (tertiary/aromatic N) is 1. The molecule has 1 heterocycles. The highest BCUT2D eigenvalue weighted by Crippen LogP contribution is 2.22. The third kappa shape index (κ3) is 2.39. The molecule has 0 saturated heterocycles. The van der Waals surface area contributed by atoms with Gasteiger partial charge in [0.05, 0.1) is 28.3 Å². The number of rotatable bonds is 3. The average Bonchev–Trinajstić information content (AvgIpc) is 2.57. The molecular formula is C12H13NO2S. The number of fused-ring (bicyclic) bond motifs is 1. The first-order chi connectivity index (χ1) is 7.69. The third-order valence-corrected chi connectivity index (χ3v) is 3.15. The van der Waals surface area contributed by atoms with E-state index in [1.54, 1.807) is 11.3 Å². The zero-order valence-corrected chi connectivity index (χ0v) is 10.1. The molecule has 0 aliphatic rings. The summed E-state index contributed by atoms with van der Waals surface area (Å²) in [6, 6.07) is 5.89. The van der Waals surface area contributed by atoms with Crippen LogP contribution >= 0.6 is 11.3 Å². The molecule has 0 aliphatic heterocycles. The lowest BCUT2D eigenvalue weighted by Crippen LogP contribution is -2.07. The summed E-state index contributed by atoms with van der Waals surface area (Å²) in [5.74, 6) is -0.178. The lowest BCUT2D eigenvalue weighted by Gasteiger charge is -2.01. The lowest BCUT2D eigenvalue weighted by molar-refractivity contribution is -0.142. The standard InChI is InChI=1S/C12H13NO2S/c1-3-15-12(14)7-9-4-5-10-11(6-9)16-8(2)13-10/h4-6H,3,7H2,1-2H3. The van der Waals surface area contributed by atoms with Crippen molar-refractivity contribution in [2.45, 2.75) is 20.3 Å². The van der Waals surface area contributed by atoms with E-state index in [2.05, 4.69) is 4.98 Å². The molecule has 0 amide bonds. The maximum Gasteiger partial charge on any atom is 0.310 e. The smallest absolute Gasteiger partial charge is 0.310 e. The second-order valence-electron chi connectivity index (χ2n) is 3.52. The Kier molecular flexibility index (Phi) is 3.19. The summed E-state index contributed by atoms with van der Waals surface area (Å²) in [4.78, 5) is 15.7. The maximum atomic E-state index is 11.3. The van der Waals surface area contributed by atoms with E-state index in [-0.39, 0.29) is 5.97 Å². The Balaban J connectivity index is 2.22. The predicted molar refractivity (Wildman–Crippen MR) is 64.7 cm³/mol. The summed E-state index contributed by atoms with van der Waals surface area (Å²) in [5, 5.41) is 1.04. The Hall–Kier alpha value is -1.42. The van der Waals surface area contributed by atoms with Crippen molar-refractivity contribution in [1.29, 1.82) is 0 Å². The van der Waals surface area contributed by atoms with Gasteiger partial charge in [-0.05, 0) is 31.5 Å². The van der Waals surface area contributed by atoms with Crippen molar-refractivity contribution in [1.82, 2.24) is 4.98 Å². The molecule has 4 heteroatoms. The average molecular weight is 235 g/mol. The number of benzene rings is 1. The fraction of sp³-hybridized carbons (Fsp3) is 0.333. The molecule has 0 unspecified atom stereocenters. The molecule has 0 spiro atoms. The van der Waals surface area contributed by atoms with Gasteiger partial charge in [-0.25, -0.2) is 4.98 Å². The van der Waals surface area contributed by atoms with Gasteiger partial charge < -0.3 is 4.74 Å². The van der Waals surface area contributed by atoms with Crippen LogP contribution in [0.4, 0.5) is 0 Å². The van der Waals surface area contributed by atoms with Gasteiger partial charge in [-0.2, -0.15) is 0 Å². The molecule has 2 aromatic rings. The van der Waals surface area contributed by atoms with Crippen LogP contribution in [0.1, 0.15) is 17.5 Å². The molecule has 2 rings (SSSR count). The minimum atomic E-state index is -0.178. The monoisotopic (exact) mass is 235 g/mol. The minimum Gasteiger partial charge on any atom is -0.466 e. The van der Waals surface area contributed by atoms with Crippen molar-refractivity contribution in [3.05, 3.63) is 28.8 Å². The van der Waals surface area contributed by atoms with E-state index < -0.39 is 0 Å². The first-order valence-corrected chi connectivity index (χ1v) is 6.02. The van der Waals surface area contributed by atoms with Crippen LogP contribution in [0.5, 0.6) is 0 Å². The largest absolute Gasteiger partial charge is 0.466 e. The highest BCUT2D eigenvalue weighted by molar-refractivity contribution is 7.18. The van der Waals surface area contributed by atoms with Gasteiger partial charge in [-0.1, -0.05) is 6.07 Å². The second-order valence-corrected chi connectivity index (χ2v) is 4.75. The highest BCUT2D eigenvalue weighted by Gasteiger charge is 2.06. The van der Waals surface area contributed by atoms with Gasteiger partial charge in [0.2, 0.25) is 0 Å². The topological polar surface area (TPSA) is 39.2 Å². The first kappa shape index (κ1) is 11.1. The van der Waals surface area contributed by atoms with Gasteiger partial charge in [0.25, 0.3) is 0 Å². The summed E-state index contributed by atoms with van der Waals surface area (Å²) < 4.78 is 6.04. The molecule has 1 aromatic carbocycles. The number of hydrogen-bond donors (Lipinski definition) is 0. The molecular weight excluding hydrogens is 222 g/mol. The van der Waals surface area contributed by atoms with Crippen LogP contribution in [-0.4, -0.2) is 17.6 Å². The van der Waals surface area contributed by atoms with Crippen LogP contribution < -0.4 is 0 Å². The van der Waals surface area contributed by atoms with E-state index in [1.807, 2.05) is 32.0 Å². The van der Waals surface area contributed by atoms with Crippen molar-refractivity contribution in [2.75, 3.05) is 6.61 Å². The van der Waals surface area contributed by atoms with E-state index in [1.165, 1.54) is 0 Å². The number of ether oxygens (including phenoxy) is 1. The minimum absolute atomic E-state index is 0.178. The van der Waals surface area contributed by atoms with Gasteiger partial charge in [0, 0.05) is 0 Å². The van der Waals surface area contributed by atoms with Crippen LogP contribution in [0, 0.1) is 6.92 Å². The van der Waals surface area contributed by atoms with Crippen LogP contribution in [0.15, 0.2) is 18.2 Å². The first-order valence-electron chi connectivity index (χ1n) is 5.20. The van der Waals surface area contributed by atoms with Gasteiger partial charge in [-0.15, -0.1) is 11.3 Å². The van der Waals surface area contributed by atoms with E-state index in [9.17, 15) is 4.79 Å². The van der Waals surface area contributed by atoms with Gasteiger partial charge in [0.15, 0.2) is 0 Å². The van der Waals surface area contributed by atoms with Crippen LogP contribution in [0.2, 0.25) is 0 Å². The summed E-state index contributed by atoms with van der Waals surface area (Å²) in [5.41, 5.74) is 1.98. The number of aryl methyl sites for hydroxylation is 1. The summed E-state index contributed by atoms with van der Waals surface area (Å²) in [6.07, 6.45) is 0.334. The lowest BCUT2D eigenvalue weighted by atomic mass is 10.1. The second kappa shape index (κ2) is 4.61.